The second-order valence-electron chi connectivity index (χ2n) is 7.15. The predicted molar refractivity (Wildman–Crippen MR) is 112 cm³/mol. The van der Waals surface area contributed by atoms with Crippen molar-refractivity contribution in [1.29, 1.82) is 0 Å². The van der Waals surface area contributed by atoms with E-state index in [9.17, 15) is 14.4 Å². The number of hydrogen-bond acceptors (Lipinski definition) is 5. The standard InChI is InChI=1S/C22H27NO4S/c1-13(2)17-8-6-7-14(3)21(17)23-22(26)16(5)27-20(25)12-10-18(24)19-11-9-15(4)28-19/h6-9,11,13,16H,10,12H2,1-5H3,(H,23,26)/t16-/m0/s1. The van der Waals surface area contributed by atoms with Gasteiger partial charge in [0.1, 0.15) is 0 Å². The summed E-state index contributed by atoms with van der Waals surface area (Å²) >= 11 is 1.41. The quantitative estimate of drug-likeness (QED) is 0.498. The van der Waals surface area contributed by atoms with Crippen molar-refractivity contribution in [2.75, 3.05) is 5.32 Å². The summed E-state index contributed by atoms with van der Waals surface area (Å²) in [6, 6.07) is 9.49. The van der Waals surface area contributed by atoms with Gasteiger partial charge in [0, 0.05) is 17.0 Å². The highest BCUT2D eigenvalue weighted by Crippen LogP contribution is 2.27. The van der Waals surface area contributed by atoms with Crippen LogP contribution in [0.25, 0.3) is 0 Å². The Balaban J connectivity index is 1.90. The number of ketones is 1. The second kappa shape index (κ2) is 9.64. The summed E-state index contributed by atoms with van der Waals surface area (Å²) in [6.07, 6.45) is -0.913. The molecule has 5 nitrogen and oxygen atoms in total. The molecule has 0 saturated heterocycles. The van der Waals surface area contributed by atoms with Gasteiger partial charge in [-0.25, -0.2) is 0 Å². The third kappa shape index (κ3) is 5.76. The largest absolute Gasteiger partial charge is 0.453 e. The van der Waals surface area contributed by atoms with Crippen LogP contribution in [-0.4, -0.2) is 23.8 Å². The summed E-state index contributed by atoms with van der Waals surface area (Å²) in [5.74, 6) is -0.781. The van der Waals surface area contributed by atoms with Crippen LogP contribution in [0.5, 0.6) is 0 Å². The third-order valence-electron chi connectivity index (χ3n) is 4.42. The molecule has 0 bridgehead atoms. The fourth-order valence-corrected chi connectivity index (χ4v) is 3.63. The molecule has 0 unspecified atom stereocenters. The summed E-state index contributed by atoms with van der Waals surface area (Å²) in [5.41, 5.74) is 2.74. The van der Waals surface area contributed by atoms with Crippen molar-refractivity contribution in [3.05, 3.63) is 51.2 Å². The van der Waals surface area contributed by atoms with Crippen LogP contribution in [0.2, 0.25) is 0 Å². The molecule has 0 aliphatic rings. The fraction of sp³-hybridized carbons (Fsp3) is 0.409. The highest BCUT2D eigenvalue weighted by molar-refractivity contribution is 7.14. The molecule has 0 saturated carbocycles. The molecule has 0 radical (unpaired) electrons. The molecule has 1 heterocycles. The lowest BCUT2D eigenvalue weighted by molar-refractivity contribution is -0.153. The molecule has 1 N–H and O–H groups in total. The van der Waals surface area contributed by atoms with Crippen LogP contribution in [0, 0.1) is 13.8 Å². The number of aryl methyl sites for hydroxylation is 2. The molecule has 2 aromatic rings. The first-order chi connectivity index (χ1) is 13.2. The number of anilines is 1. The van der Waals surface area contributed by atoms with Gasteiger partial charge in [0.2, 0.25) is 0 Å². The third-order valence-corrected chi connectivity index (χ3v) is 5.47. The Morgan fingerprint density at radius 3 is 2.36 bits per heavy atom. The SMILES string of the molecule is Cc1ccc(C(=O)CCC(=O)O[C@@H](C)C(=O)Nc2c(C)cccc2C(C)C)s1. The van der Waals surface area contributed by atoms with Gasteiger partial charge in [0.15, 0.2) is 11.9 Å². The first-order valence-corrected chi connectivity index (χ1v) is 10.2. The Labute approximate surface area is 170 Å². The van der Waals surface area contributed by atoms with E-state index < -0.39 is 12.1 Å². The van der Waals surface area contributed by atoms with Crippen LogP contribution in [0.15, 0.2) is 30.3 Å². The Bertz CT molecular complexity index is 869. The maximum absolute atomic E-state index is 12.5. The number of benzene rings is 1. The molecule has 2 rings (SSSR count). The van der Waals surface area contributed by atoms with E-state index in [1.165, 1.54) is 18.3 Å². The Morgan fingerprint density at radius 2 is 1.75 bits per heavy atom. The smallest absolute Gasteiger partial charge is 0.307 e. The molecule has 1 aromatic carbocycles. The van der Waals surface area contributed by atoms with E-state index in [0.717, 1.165) is 21.7 Å². The molecular formula is C22H27NO4S. The molecule has 1 amide bonds. The number of nitrogens with one attached hydrogen (secondary N) is 1. The summed E-state index contributed by atoms with van der Waals surface area (Å²) in [7, 11) is 0. The van der Waals surface area contributed by atoms with E-state index in [-0.39, 0.29) is 30.4 Å². The van der Waals surface area contributed by atoms with Crippen molar-refractivity contribution < 1.29 is 19.1 Å². The predicted octanol–water partition coefficient (Wildman–Crippen LogP) is 5.02. The molecule has 6 heteroatoms. The minimum Gasteiger partial charge on any atom is -0.453 e. The summed E-state index contributed by atoms with van der Waals surface area (Å²) in [6.45, 7) is 9.50. The highest BCUT2D eigenvalue weighted by atomic mass is 32.1. The molecular weight excluding hydrogens is 374 g/mol. The van der Waals surface area contributed by atoms with Gasteiger partial charge in [0.05, 0.1) is 11.3 Å². The zero-order valence-corrected chi connectivity index (χ0v) is 17.8. The van der Waals surface area contributed by atoms with Gasteiger partial charge in [-0.1, -0.05) is 32.0 Å². The zero-order chi connectivity index (χ0) is 20.8. The van der Waals surface area contributed by atoms with Crippen LogP contribution in [-0.2, 0) is 14.3 Å². The molecule has 1 aromatic heterocycles. The first-order valence-electron chi connectivity index (χ1n) is 9.38. The van der Waals surface area contributed by atoms with Gasteiger partial charge in [-0.3, -0.25) is 14.4 Å². The number of Topliss-reactive ketones (excluding diaryl/α,β-unsaturated/α-hetero) is 1. The molecule has 0 spiro atoms. The first kappa shape index (κ1) is 21.8. The van der Waals surface area contributed by atoms with Crippen molar-refractivity contribution in [2.24, 2.45) is 0 Å². The summed E-state index contributed by atoms with van der Waals surface area (Å²) in [5, 5.41) is 2.88. The number of carbonyl (C=O) groups is 3. The van der Waals surface area contributed by atoms with Gasteiger partial charge < -0.3 is 10.1 Å². The van der Waals surface area contributed by atoms with E-state index in [2.05, 4.69) is 19.2 Å². The van der Waals surface area contributed by atoms with Crippen molar-refractivity contribution >= 4 is 34.7 Å². The van der Waals surface area contributed by atoms with Crippen LogP contribution in [0.1, 0.15) is 65.2 Å². The van der Waals surface area contributed by atoms with Crippen LogP contribution in [0.3, 0.4) is 0 Å². The molecule has 1 atom stereocenters. The van der Waals surface area contributed by atoms with E-state index in [1.807, 2.05) is 38.1 Å². The Kier molecular flexibility index (Phi) is 7.52. The van der Waals surface area contributed by atoms with E-state index >= 15 is 0 Å². The second-order valence-corrected chi connectivity index (χ2v) is 8.44. The molecule has 150 valence electrons. The lowest BCUT2D eigenvalue weighted by Gasteiger charge is -2.19. The highest BCUT2D eigenvalue weighted by Gasteiger charge is 2.21. The maximum atomic E-state index is 12.5. The van der Waals surface area contributed by atoms with Crippen molar-refractivity contribution in [1.82, 2.24) is 0 Å². The Hall–Kier alpha value is -2.47. The summed E-state index contributed by atoms with van der Waals surface area (Å²) < 4.78 is 5.22. The average Bonchev–Trinajstić information content (AvgIpc) is 3.07. The minimum atomic E-state index is -0.939. The van der Waals surface area contributed by atoms with Gasteiger partial charge in [-0.2, -0.15) is 0 Å². The summed E-state index contributed by atoms with van der Waals surface area (Å²) in [4.78, 5) is 38.3. The number of carbonyl (C=O) groups excluding carboxylic acids is 3. The van der Waals surface area contributed by atoms with Gasteiger partial charge in [-0.15, -0.1) is 11.3 Å². The number of thiophene rings is 1. The number of amides is 1. The van der Waals surface area contributed by atoms with Crippen molar-refractivity contribution in [2.45, 2.75) is 59.5 Å². The lowest BCUT2D eigenvalue weighted by Crippen LogP contribution is -2.30. The van der Waals surface area contributed by atoms with Crippen LogP contribution < -0.4 is 5.32 Å². The zero-order valence-electron chi connectivity index (χ0n) is 17.0. The van der Waals surface area contributed by atoms with E-state index in [1.54, 1.807) is 6.07 Å². The Morgan fingerprint density at radius 1 is 1.04 bits per heavy atom. The van der Waals surface area contributed by atoms with Crippen molar-refractivity contribution in [3.8, 4) is 0 Å². The van der Waals surface area contributed by atoms with Crippen LogP contribution >= 0.6 is 11.3 Å². The fourth-order valence-electron chi connectivity index (χ4n) is 2.80. The topological polar surface area (TPSA) is 72.5 Å². The number of ether oxygens (including phenoxy) is 1. The molecule has 0 aliphatic carbocycles. The lowest BCUT2D eigenvalue weighted by atomic mass is 9.98. The minimum absolute atomic E-state index is 0.0466. The number of rotatable bonds is 8. The number of esters is 1. The van der Waals surface area contributed by atoms with Crippen LogP contribution in [0.4, 0.5) is 5.69 Å². The van der Waals surface area contributed by atoms with E-state index in [4.69, 9.17) is 4.74 Å². The molecule has 28 heavy (non-hydrogen) atoms. The van der Waals surface area contributed by atoms with Crippen molar-refractivity contribution in [3.63, 3.8) is 0 Å². The normalized spacial score (nSPS) is 11.9. The molecule has 0 fully saturated rings. The van der Waals surface area contributed by atoms with Gasteiger partial charge >= 0.3 is 5.97 Å². The monoisotopic (exact) mass is 401 g/mol. The van der Waals surface area contributed by atoms with Gasteiger partial charge in [0.25, 0.3) is 5.91 Å². The average molecular weight is 402 g/mol. The van der Waals surface area contributed by atoms with Gasteiger partial charge in [-0.05, 0) is 49.9 Å². The maximum Gasteiger partial charge on any atom is 0.307 e. The number of hydrogen-bond donors (Lipinski definition) is 1. The molecule has 0 aliphatic heterocycles. The van der Waals surface area contributed by atoms with E-state index in [0.29, 0.717) is 4.88 Å². The number of para-hydroxylation sites is 1.